The molecule has 128 valence electrons. The van der Waals surface area contributed by atoms with Crippen molar-refractivity contribution in [1.29, 1.82) is 0 Å². The number of thiazole rings is 1. The van der Waals surface area contributed by atoms with Crippen LogP contribution in [0.25, 0.3) is 22.4 Å². The molecule has 0 N–H and O–H groups in total. The standard InChI is InChI=1S/C18H12N4O3S/c1-11-6-2-4-8-13(11)16-19-18-21(20-16)17(23)15(26-18)10-12-7-3-5-9-14(12)22(24)25/h2-10H,1H3/b15-10+. The Morgan fingerprint density at radius 3 is 2.62 bits per heavy atom. The fraction of sp³-hybridized carbons (Fsp3) is 0.0556. The Balaban J connectivity index is 1.86. The van der Waals surface area contributed by atoms with E-state index in [1.165, 1.54) is 16.7 Å². The highest BCUT2D eigenvalue weighted by atomic mass is 32.1. The third-order valence-corrected chi connectivity index (χ3v) is 4.95. The number of rotatable bonds is 3. The number of para-hydroxylation sites is 1. The highest BCUT2D eigenvalue weighted by molar-refractivity contribution is 7.15. The Labute approximate surface area is 151 Å². The molecule has 2 heterocycles. The van der Waals surface area contributed by atoms with Crippen LogP contribution in [0.1, 0.15) is 11.1 Å². The summed E-state index contributed by atoms with van der Waals surface area (Å²) in [6.07, 6.45) is 1.51. The van der Waals surface area contributed by atoms with E-state index in [0.29, 0.717) is 20.9 Å². The predicted molar refractivity (Wildman–Crippen MR) is 99.2 cm³/mol. The Morgan fingerprint density at radius 2 is 1.88 bits per heavy atom. The number of hydrogen-bond donors (Lipinski definition) is 0. The van der Waals surface area contributed by atoms with E-state index in [-0.39, 0.29) is 11.2 Å². The molecule has 0 amide bonds. The third-order valence-electron chi connectivity index (χ3n) is 3.99. The van der Waals surface area contributed by atoms with Crippen molar-refractivity contribution in [3.05, 3.63) is 84.7 Å². The van der Waals surface area contributed by atoms with E-state index >= 15 is 0 Å². The quantitative estimate of drug-likeness (QED) is 0.412. The maximum Gasteiger partial charge on any atom is 0.291 e. The summed E-state index contributed by atoms with van der Waals surface area (Å²) in [7, 11) is 0. The normalized spacial score (nSPS) is 12.0. The van der Waals surface area contributed by atoms with Crippen LogP contribution in [0.15, 0.2) is 53.3 Å². The zero-order valence-electron chi connectivity index (χ0n) is 13.6. The number of hydrogen-bond acceptors (Lipinski definition) is 6. The van der Waals surface area contributed by atoms with Gasteiger partial charge < -0.3 is 0 Å². The summed E-state index contributed by atoms with van der Waals surface area (Å²) in [5, 5.41) is 15.4. The fourth-order valence-corrected chi connectivity index (χ4v) is 3.59. The molecule has 0 aliphatic rings. The first kappa shape index (κ1) is 16.1. The zero-order valence-corrected chi connectivity index (χ0v) is 14.4. The van der Waals surface area contributed by atoms with E-state index in [1.54, 1.807) is 18.2 Å². The molecule has 0 radical (unpaired) electrons. The van der Waals surface area contributed by atoms with Gasteiger partial charge in [-0.05, 0) is 24.6 Å². The second-order valence-corrected chi connectivity index (χ2v) is 6.69. The topological polar surface area (TPSA) is 90.4 Å². The Bertz CT molecular complexity index is 1260. The maximum atomic E-state index is 12.6. The second kappa shape index (κ2) is 6.16. The van der Waals surface area contributed by atoms with Crippen LogP contribution in [-0.2, 0) is 0 Å². The minimum Gasteiger partial charge on any atom is -0.266 e. The van der Waals surface area contributed by atoms with Crippen molar-refractivity contribution in [3.8, 4) is 11.4 Å². The number of benzene rings is 2. The summed E-state index contributed by atoms with van der Waals surface area (Å²) in [4.78, 5) is 28.2. The first-order chi connectivity index (χ1) is 12.5. The maximum absolute atomic E-state index is 12.6. The number of aromatic nitrogens is 3. The van der Waals surface area contributed by atoms with Crippen LogP contribution in [0.2, 0.25) is 0 Å². The molecule has 0 unspecified atom stereocenters. The van der Waals surface area contributed by atoms with Crippen molar-refractivity contribution in [2.75, 3.05) is 0 Å². The van der Waals surface area contributed by atoms with E-state index in [2.05, 4.69) is 10.1 Å². The lowest BCUT2D eigenvalue weighted by Gasteiger charge is -1.98. The van der Waals surface area contributed by atoms with Crippen molar-refractivity contribution in [2.24, 2.45) is 0 Å². The van der Waals surface area contributed by atoms with Gasteiger partial charge in [-0.2, -0.15) is 9.50 Å². The molecular formula is C18H12N4O3S. The second-order valence-electron chi connectivity index (χ2n) is 5.68. The third kappa shape index (κ3) is 2.66. The molecule has 0 saturated carbocycles. The minimum atomic E-state index is -0.469. The van der Waals surface area contributed by atoms with Gasteiger partial charge in [-0.3, -0.25) is 14.9 Å². The Hall–Kier alpha value is -3.39. The van der Waals surface area contributed by atoms with Crippen LogP contribution >= 0.6 is 11.3 Å². The highest BCUT2D eigenvalue weighted by Gasteiger charge is 2.15. The number of nitro groups is 1. The van der Waals surface area contributed by atoms with Gasteiger partial charge in [0.05, 0.1) is 15.0 Å². The summed E-state index contributed by atoms with van der Waals surface area (Å²) < 4.78 is 1.60. The molecule has 0 aliphatic carbocycles. The number of aryl methyl sites for hydroxylation is 1. The van der Waals surface area contributed by atoms with Crippen molar-refractivity contribution in [2.45, 2.75) is 6.92 Å². The summed E-state index contributed by atoms with van der Waals surface area (Å²) in [5.74, 6) is 0.490. The average Bonchev–Trinajstić information content (AvgIpc) is 3.16. The van der Waals surface area contributed by atoms with Gasteiger partial charge in [0.15, 0.2) is 5.82 Å². The van der Waals surface area contributed by atoms with Crippen molar-refractivity contribution < 1.29 is 4.92 Å². The van der Waals surface area contributed by atoms with Crippen LogP contribution in [0.5, 0.6) is 0 Å². The zero-order chi connectivity index (χ0) is 18.3. The molecule has 0 atom stereocenters. The van der Waals surface area contributed by atoms with Crippen molar-refractivity contribution >= 4 is 28.1 Å². The van der Waals surface area contributed by atoms with Crippen LogP contribution in [-0.4, -0.2) is 19.5 Å². The molecule has 26 heavy (non-hydrogen) atoms. The molecule has 0 fully saturated rings. The SMILES string of the molecule is Cc1ccccc1-c1nc2s/c(=C/c3ccccc3[N+](=O)[O-])c(=O)n2n1. The lowest BCUT2D eigenvalue weighted by Crippen LogP contribution is -2.23. The molecule has 8 heteroatoms. The summed E-state index contributed by atoms with van der Waals surface area (Å²) in [6, 6.07) is 14.0. The van der Waals surface area contributed by atoms with Crippen molar-refractivity contribution in [1.82, 2.24) is 14.6 Å². The van der Waals surface area contributed by atoms with Crippen LogP contribution in [0.4, 0.5) is 5.69 Å². The monoisotopic (exact) mass is 364 g/mol. The molecule has 0 aliphatic heterocycles. The van der Waals surface area contributed by atoms with Gasteiger partial charge in [-0.25, -0.2) is 0 Å². The number of fused-ring (bicyclic) bond motifs is 1. The van der Waals surface area contributed by atoms with Crippen LogP contribution in [0, 0.1) is 17.0 Å². The smallest absolute Gasteiger partial charge is 0.266 e. The Morgan fingerprint density at radius 1 is 1.15 bits per heavy atom. The van der Waals surface area contributed by atoms with Gasteiger partial charge in [0.2, 0.25) is 4.96 Å². The molecular weight excluding hydrogens is 352 g/mol. The summed E-state index contributed by atoms with van der Waals surface area (Å²) >= 11 is 1.16. The van der Waals surface area contributed by atoms with Gasteiger partial charge in [0, 0.05) is 11.6 Å². The molecule has 4 rings (SSSR count). The predicted octanol–water partition coefficient (Wildman–Crippen LogP) is 2.58. The fourth-order valence-electron chi connectivity index (χ4n) is 2.69. The first-order valence-corrected chi connectivity index (χ1v) is 8.57. The molecule has 0 spiro atoms. The molecule has 2 aromatic heterocycles. The van der Waals surface area contributed by atoms with Gasteiger partial charge in [0.25, 0.3) is 11.2 Å². The van der Waals surface area contributed by atoms with Gasteiger partial charge in [0.1, 0.15) is 0 Å². The van der Waals surface area contributed by atoms with Gasteiger partial charge >= 0.3 is 0 Å². The van der Waals surface area contributed by atoms with Crippen LogP contribution in [0.3, 0.4) is 0 Å². The first-order valence-electron chi connectivity index (χ1n) is 7.75. The van der Waals surface area contributed by atoms with Gasteiger partial charge in [-0.15, -0.1) is 5.10 Å². The summed E-state index contributed by atoms with van der Waals surface area (Å²) in [5.41, 5.74) is 1.87. The number of nitrogens with zero attached hydrogens (tertiary/aromatic N) is 4. The molecule has 2 aromatic carbocycles. The average molecular weight is 364 g/mol. The molecule has 0 saturated heterocycles. The van der Waals surface area contributed by atoms with E-state index in [4.69, 9.17) is 0 Å². The molecule has 0 bridgehead atoms. The van der Waals surface area contributed by atoms with Crippen molar-refractivity contribution in [3.63, 3.8) is 0 Å². The van der Waals surface area contributed by atoms with E-state index in [0.717, 1.165) is 22.5 Å². The van der Waals surface area contributed by atoms with E-state index in [1.807, 2.05) is 31.2 Å². The van der Waals surface area contributed by atoms with Crippen LogP contribution < -0.4 is 10.1 Å². The minimum absolute atomic E-state index is 0.0495. The lowest BCUT2D eigenvalue weighted by molar-refractivity contribution is -0.385. The molecule has 7 nitrogen and oxygen atoms in total. The van der Waals surface area contributed by atoms with E-state index < -0.39 is 4.92 Å². The van der Waals surface area contributed by atoms with Gasteiger partial charge in [-0.1, -0.05) is 47.7 Å². The number of nitro benzene ring substituents is 1. The lowest BCUT2D eigenvalue weighted by atomic mass is 10.1. The highest BCUT2D eigenvalue weighted by Crippen LogP contribution is 2.21. The largest absolute Gasteiger partial charge is 0.291 e. The molecule has 4 aromatic rings. The Kier molecular flexibility index (Phi) is 3.81. The van der Waals surface area contributed by atoms with E-state index in [9.17, 15) is 14.9 Å². The summed E-state index contributed by atoms with van der Waals surface area (Å²) in [6.45, 7) is 1.95.